The fraction of sp³-hybridized carbons (Fsp3) is 0.267. The molecule has 0 saturated carbocycles. The maximum atomic E-state index is 6.34. The minimum absolute atomic E-state index is 0.116. The highest BCUT2D eigenvalue weighted by Crippen LogP contribution is 2.27. The van der Waals surface area contributed by atoms with Gasteiger partial charge in [0.2, 0.25) is 0 Å². The van der Waals surface area contributed by atoms with E-state index in [-0.39, 0.29) is 6.04 Å². The van der Waals surface area contributed by atoms with E-state index in [1.807, 2.05) is 34.3 Å². The normalized spacial score (nSPS) is 12.8. The number of ether oxygens (including phenoxy) is 1. The molecule has 5 heteroatoms. The average molecular weight is 287 g/mol. The van der Waals surface area contributed by atoms with Crippen LogP contribution in [0.1, 0.15) is 22.9 Å². The highest BCUT2D eigenvalue weighted by Gasteiger charge is 2.15. The van der Waals surface area contributed by atoms with Gasteiger partial charge in [-0.2, -0.15) is 0 Å². The Morgan fingerprint density at radius 2 is 2.30 bits per heavy atom. The predicted octanol–water partition coefficient (Wildman–Crippen LogP) is 2.96. The van der Waals surface area contributed by atoms with Crippen molar-refractivity contribution in [2.45, 2.75) is 19.4 Å². The first kappa shape index (κ1) is 13.1. The summed E-state index contributed by atoms with van der Waals surface area (Å²) < 4.78 is 7.43. The maximum Gasteiger partial charge on any atom is 0.193 e. The maximum absolute atomic E-state index is 6.34. The Balaban J connectivity index is 1.87. The fourth-order valence-corrected chi connectivity index (χ4v) is 3.07. The molecule has 1 aromatic carbocycles. The number of hydrogen-bond donors (Lipinski definition) is 1. The lowest BCUT2D eigenvalue weighted by molar-refractivity contribution is 0.405. The summed E-state index contributed by atoms with van der Waals surface area (Å²) in [5.74, 6) is 0.837. The van der Waals surface area contributed by atoms with E-state index in [0.29, 0.717) is 6.42 Å². The van der Waals surface area contributed by atoms with Crippen molar-refractivity contribution in [2.75, 3.05) is 7.11 Å². The van der Waals surface area contributed by atoms with Crippen molar-refractivity contribution in [3.8, 4) is 5.75 Å². The molecule has 0 amide bonds. The van der Waals surface area contributed by atoms with E-state index in [9.17, 15) is 0 Å². The summed E-state index contributed by atoms with van der Waals surface area (Å²) in [6.07, 6.45) is 4.75. The molecule has 0 aliphatic heterocycles. The van der Waals surface area contributed by atoms with Crippen LogP contribution in [0.2, 0.25) is 0 Å². The molecule has 0 radical (unpaired) electrons. The molecule has 0 saturated heterocycles. The first-order chi connectivity index (χ1) is 9.67. The minimum atomic E-state index is -0.116. The zero-order valence-corrected chi connectivity index (χ0v) is 12.4. The van der Waals surface area contributed by atoms with E-state index >= 15 is 0 Å². The largest absolute Gasteiger partial charge is 0.496 e. The van der Waals surface area contributed by atoms with Crippen LogP contribution in [-0.4, -0.2) is 16.5 Å². The van der Waals surface area contributed by atoms with Gasteiger partial charge >= 0.3 is 0 Å². The van der Waals surface area contributed by atoms with E-state index in [4.69, 9.17) is 10.5 Å². The number of methoxy groups -OCH3 is 1. The van der Waals surface area contributed by atoms with Gasteiger partial charge in [-0.15, -0.1) is 11.3 Å². The molecule has 2 heterocycles. The van der Waals surface area contributed by atoms with Gasteiger partial charge in [-0.3, -0.25) is 4.40 Å². The zero-order chi connectivity index (χ0) is 14.1. The van der Waals surface area contributed by atoms with Crippen LogP contribution >= 0.6 is 11.3 Å². The van der Waals surface area contributed by atoms with Gasteiger partial charge in [-0.25, -0.2) is 4.98 Å². The van der Waals surface area contributed by atoms with E-state index in [1.54, 1.807) is 18.4 Å². The number of aromatic nitrogens is 2. The lowest BCUT2D eigenvalue weighted by Crippen LogP contribution is -2.15. The van der Waals surface area contributed by atoms with E-state index in [1.165, 1.54) is 5.56 Å². The molecule has 1 atom stereocenters. The summed E-state index contributed by atoms with van der Waals surface area (Å²) in [5, 5.41) is 2.02. The molecule has 0 fully saturated rings. The quantitative estimate of drug-likeness (QED) is 0.802. The molecule has 104 valence electrons. The van der Waals surface area contributed by atoms with Crippen LogP contribution in [0.25, 0.3) is 4.96 Å². The third kappa shape index (κ3) is 2.42. The van der Waals surface area contributed by atoms with Gasteiger partial charge in [-0.1, -0.05) is 17.7 Å². The molecule has 0 aliphatic carbocycles. The van der Waals surface area contributed by atoms with Gasteiger partial charge < -0.3 is 10.5 Å². The molecule has 2 N–H and O–H groups in total. The number of nitrogens with zero attached hydrogens (tertiary/aromatic N) is 2. The second kappa shape index (κ2) is 5.26. The Hall–Kier alpha value is -1.85. The van der Waals surface area contributed by atoms with Crippen molar-refractivity contribution in [3.63, 3.8) is 0 Å². The van der Waals surface area contributed by atoms with E-state index in [0.717, 1.165) is 22.0 Å². The first-order valence-corrected chi connectivity index (χ1v) is 7.36. The van der Waals surface area contributed by atoms with Gasteiger partial charge in [0.15, 0.2) is 4.96 Å². The monoisotopic (exact) mass is 287 g/mol. The van der Waals surface area contributed by atoms with Gasteiger partial charge in [0.25, 0.3) is 0 Å². The van der Waals surface area contributed by atoms with Crippen LogP contribution in [0.3, 0.4) is 0 Å². The summed E-state index contributed by atoms with van der Waals surface area (Å²) >= 11 is 1.63. The highest BCUT2D eigenvalue weighted by molar-refractivity contribution is 7.15. The van der Waals surface area contributed by atoms with Crippen LogP contribution in [0.15, 0.2) is 36.0 Å². The smallest absolute Gasteiger partial charge is 0.193 e. The van der Waals surface area contributed by atoms with Crippen molar-refractivity contribution in [1.82, 2.24) is 9.38 Å². The number of rotatable bonds is 4. The topological polar surface area (TPSA) is 52.5 Å². The van der Waals surface area contributed by atoms with Gasteiger partial charge in [0.05, 0.1) is 12.8 Å². The first-order valence-electron chi connectivity index (χ1n) is 6.48. The zero-order valence-electron chi connectivity index (χ0n) is 11.5. The van der Waals surface area contributed by atoms with Crippen molar-refractivity contribution in [2.24, 2.45) is 5.73 Å². The summed E-state index contributed by atoms with van der Waals surface area (Å²) in [4.78, 5) is 5.58. The van der Waals surface area contributed by atoms with Crippen LogP contribution in [0.4, 0.5) is 0 Å². The minimum Gasteiger partial charge on any atom is -0.496 e. The second-order valence-corrected chi connectivity index (χ2v) is 5.75. The Labute approximate surface area is 121 Å². The van der Waals surface area contributed by atoms with Crippen molar-refractivity contribution in [1.29, 1.82) is 0 Å². The van der Waals surface area contributed by atoms with Crippen molar-refractivity contribution in [3.05, 3.63) is 52.8 Å². The van der Waals surface area contributed by atoms with E-state index < -0.39 is 0 Å². The standard InChI is InChI=1S/C15H17N3OS/c1-10-3-4-14(19-2)12(7-10)13(16)8-11-9-18-5-6-20-15(18)17-11/h3-7,9,13H,8,16H2,1-2H3. The molecule has 3 rings (SSSR count). The molecule has 0 aliphatic rings. The summed E-state index contributed by atoms with van der Waals surface area (Å²) in [6, 6.07) is 5.97. The number of fused-ring (bicyclic) bond motifs is 1. The van der Waals surface area contributed by atoms with E-state index in [2.05, 4.69) is 18.0 Å². The molecule has 3 aromatic rings. The lowest BCUT2D eigenvalue weighted by Gasteiger charge is -2.15. The van der Waals surface area contributed by atoms with Crippen molar-refractivity contribution >= 4 is 16.3 Å². The SMILES string of the molecule is COc1ccc(C)cc1C(N)Cc1cn2ccsc2n1. The average Bonchev–Trinajstić information content (AvgIpc) is 2.99. The Morgan fingerprint density at radius 3 is 3.05 bits per heavy atom. The molecule has 4 nitrogen and oxygen atoms in total. The van der Waals surface area contributed by atoms with Gasteiger partial charge in [0, 0.05) is 35.8 Å². The molecule has 20 heavy (non-hydrogen) atoms. The molecule has 0 spiro atoms. The van der Waals surface area contributed by atoms with Crippen LogP contribution in [-0.2, 0) is 6.42 Å². The lowest BCUT2D eigenvalue weighted by atomic mass is 10.00. The van der Waals surface area contributed by atoms with Gasteiger partial charge in [0.1, 0.15) is 5.75 Å². The second-order valence-electron chi connectivity index (χ2n) is 4.88. The fourth-order valence-electron chi connectivity index (χ4n) is 2.35. The number of hydrogen-bond acceptors (Lipinski definition) is 4. The molecular weight excluding hydrogens is 270 g/mol. The van der Waals surface area contributed by atoms with Crippen LogP contribution in [0, 0.1) is 6.92 Å². The summed E-state index contributed by atoms with van der Waals surface area (Å²) in [6.45, 7) is 2.06. The predicted molar refractivity (Wildman–Crippen MR) is 81.4 cm³/mol. The number of nitrogens with two attached hydrogens (primary N) is 1. The van der Waals surface area contributed by atoms with Crippen LogP contribution in [0.5, 0.6) is 5.75 Å². The Kier molecular flexibility index (Phi) is 3.46. The number of aryl methyl sites for hydroxylation is 1. The third-order valence-corrected chi connectivity index (χ3v) is 4.13. The number of thiazole rings is 1. The summed E-state index contributed by atoms with van der Waals surface area (Å²) in [7, 11) is 1.67. The highest BCUT2D eigenvalue weighted by atomic mass is 32.1. The van der Waals surface area contributed by atoms with Crippen molar-refractivity contribution < 1.29 is 4.74 Å². The molecular formula is C15H17N3OS. The number of benzene rings is 1. The summed E-state index contributed by atoms with van der Waals surface area (Å²) in [5.41, 5.74) is 9.56. The third-order valence-electron chi connectivity index (χ3n) is 3.36. The van der Waals surface area contributed by atoms with Crippen LogP contribution < -0.4 is 10.5 Å². The van der Waals surface area contributed by atoms with Gasteiger partial charge in [-0.05, 0) is 13.0 Å². The number of imidazole rings is 1. The molecule has 0 bridgehead atoms. The Morgan fingerprint density at radius 1 is 1.45 bits per heavy atom. The Bertz CT molecular complexity index is 703. The molecule has 2 aromatic heterocycles. The molecule has 1 unspecified atom stereocenters.